The van der Waals surface area contributed by atoms with Crippen LogP contribution in [0.5, 0.6) is 0 Å². The van der Waals surface area contributed by atoms with Crippen molar-refractivity contribution in [2.24, 2.45) is 11.7 Å². The second kappa shape index (κ2) is 9.15. The van der Waals surface area contributed by atoms with E-state index >= 15 is 0 Å². The largest absolute Gasteiger partial charge is 0.373 e. The van der Waals surface area contributed by atoms with Gasteiger partial charge in [-0.15, -0.1) is 12.4 Å². The van der Waals surface area contributed by atoms with Crippen molar-refractivity contribution >= 4 is 24.2 Å². The number of hydrogen-bond acceptors (Lipinski definition) is 4. The first-order chi connectivity index (χ1) is 8.95. The van der Waals surface area contributed by atoms with Crippen molar-refractivity contribution in [1.82, 2.24) is 10.2 Å². The number of amides is 2. The van der Waals surface area contributed by atoms with Gasteiger partial charge in [0, 0.05) is 26.6 Å². The molecule has 7 heteroatoms. The minimum atomic E-state index is -0.454. The molecule has 1 aliphatic rings. The molecule has 1 aliphatic heterocycles. The third-order valence-electron chi connectivity index (χ3n) is 3.57. The van der Waals surface area contributed by atoms with E-state index in [1.807, 2.05) is 13.8 Å². The third-order valence-corrected chi connectivity index (χ3v) is 3.57. The van der Waals surface area contributed by atoms with Crippen LogP contribution in [0.15, 0.2) is 0 Å². The molecule has 3 atom stereocenters. The van der Waals surface area contributed by atoms with Gasteiger partial charge in [-0.3, -0.25) is 9.59 Å². The van der Waals surface area contributed by atoms with E-state index in [9.17, 15) is 9.59 Å². The summed E-state index contributed by atoms with van der Waals surface area (Å²) in [6.45, 7) is 7.45. The standard InChI is InChI=1S/C13H25N3O3.ClH/c1-4-9(2)12(14)13(18)16-5-6-19-11(8-16)7-15-10(3)17;/h9,11-12H,4-8,14H2,1-3H3,(H,15,17);1H. The van der Waals surface area contributed by atoms with Gasteiger partial charge < -0.3 is 20.7 Å². The molecule has 0 bridgehead atoms. The predicted molar refractivity (Wildman–Crippen MR) is 79.7 cm³/mol. The molecule has 0 radical (unpaired) electrons. The highest BCUT2D eigenvalue weighted by Gasteiger charge is 2.29. The van der Waals surface area contributed by atoms with E-state index in [1.54, 1.807) is 4.90 Å². The SMILES string of the molecule is CCC(C)C(N)C(=O)N1CCOC(CNC(C)=O)C1.Cl. The van der Waals surface area contributed by atoms with Crippen LogP contribution < -0.4 is 11.1 Å². The first-order valence-electron chi connectivity index (χ1n) is 6.86. The van der Waals surface area contributed by atoms with Crippen molar-refractivity contribution in [2.45, 2.75) is 39.3 Å². The summed E-state index contributed by atoms with van der Waals surface area (Å²) >= 11 is 0. The van der Waals surface area contributed by atoms with Crippen LogP contribution in [0.25, 0.3) is 0 Å². The topological polar surface area (TPSA) is 84.7 Å². The van der Waals surface area contributed by atoms with Gasteiger partial charge in [-0.25, -0.2) is 0 Å². The van der Waals surface area contributed by atoms with Gasteiger partial charge >= 0.3 is 0 Å². The van der Waals surface area contributed by atoms with Gasteiger partial charge in [-0.2, -0.15) is 0 Å². The zero-order valence-electron chi connectivity index (χ0n) is 12.4. The van der Waals surface area contributed by atoms with Crippen molar-refractivity contribution in [2.75, 3.05) is 26.2 Å². The molecule has 3 N–H and O–H groups in total. The number of ether oxygens (including phenoxy) is 1. The number of carbonyl (C=O) groups is 2. The average Bonchev–Trinajstić information content (AvgIpc) is 2.42. The summed E-state index contributed by atoms with van der Waals surface area (Å²) < 4.78 is 5.53. The molecule has 1 fully saturated rings. The minimum absolute atomic E-state index is 0. The molecule has 0 aromatic heterocycles. The Morgan fingerprint density at radius 1 is 1.50 bits per heavy atom. The van der Waals surface area contributed by atoms with Crippen molar-refractivity contribution in [3.05, 3.63) is 0 Å². The fraction of sp³-hybridized carbons (Fsp3) is 0.846. The zero-order chi connectivity index (χ0) is 14.4. The summed E-state index contributed by atoms with van der Waals surface area (Å²) in [7, 11) is 0. The molecular formula is C13H26ClN3O3. The second-order valence-electron chi connectivity index (χ2n) is 5.13. The maximum absolute atomic E-state index is 12.2. The van der Waals surface area contributed by atoms with Crippen LogP contribution in [-0.4, -0.2) is 55.1 Å². The van der Waals surface area contributed by atoms with E-state index in [4.69, 9.17) is 10.5 Å². The summed E-state index contributed by atoms with van der Waals surface area (Å²) in [5, 5.41) is 2.70. The minimum Gasteiger partial charge on any atom is -0.373 e. The highest BCUT2D eigenvalue weighted by atomic mass is 35.5. The normalized spacial score (nSPS) is 21.6. The maximum Gasteiger partial charge on any atom is 0.239 e. The Morgan fingerprint density at radius 2 is 2.15 bits per heavy atom. The molecule has 2 amide bonds. The number of carbonyl (C=O) groups excluding carboxylic acids is 2. The first-order valence-corrected chi connectivity index (χ1v) is 6.86. The van der Waals surface area contributed by atoms with E-state index in [2.05, 4.69) is 5.32 Å². The van der Waals surface area contributed by atoms with Crippen molar-refractivity contribution in [3.8, 4) is 0 Å². The lowest BCUT2D eigenvalue weighted by Gasteiger charge is -2.35. The number of hydrogen-bond donors (Lipinski definition) is 2. The summed E-state index contributed by atoms with van der Waals surface area (Å²) in [5.74, 6) is 0.0537. The number of nitrogens with two attached hydrogens (primary N) is 1. The Kier molecular flexibility index (Phi) is 8.76. The molecule has 118 valence electrons. The molecule has 1 heterocycles. The number of halogens is 1. The van der Waals surface area contributed by atoms with Crippen molar-refractivity contribution < 1.29 is 14.3 Å². The van der Waals surface area contributed by atoms with Crippen molar-refractivity contribution in [3.63, 3.8) is 0 Å². The molecule has 0 spiro atoms. The van der Waals surface area contributed by atoms with Crippen LogP contribution in [0, 0.1) is 5.92 Å². The average molecular weight is 308 g/mol. The van der Waals surface area contributed by atoms with Crippen LogP contribution in [0.1, 0.15) is 27.2 Å². The van der Waals surface area contributed by atoms with Gasteiger partial charge in [0.15, 0.2) is 0 Å². The zero-order valence-corrected chi connectivity index (χ0v) is 13.2. The first kappa shape index (κ1) is 19.1. The molecular weight excluding hydrogens is 282 g/mol. The molecule has 3 unspecified atom stereocenters. The molecule has 0 aliphatic carbocycles. The monoisotopic (exact) mass is 307 g/mol. The predicted octanol–water partition coefficient (Wildman–Crippen LogP) is 0.145. The Hall–Kier alpha value is -0.850. The Morgan fingerprint density at radius 3 is 2.70 bits per heavy atom. The second-order valence-corrected chi connectivity index (χ2v) is 5.13. The Labute approximate surface area is 126 Å². The third kappa shape index (κ3) is 5.64. The van der Waals surface area contributed by atoms with Gasteiger partial charge in [-0.05, 0) is 5.92 Å². The lowest BCUT2D eigenvalue weighted by Crippen LogP contribution is -2.54. The van der Waals surface area contributed by atoms with E-state index in [0.717, 1.165) is 6.42 Å². The van der Waals surface area contributed by atoms with E-state index < -0.39 is 6.04 Å². The van der Waals surface area contributed by atoms with Crippen molar-refractivity contribution in [1.29, 1.82) is 0 Å². The molecule has 0 saturated carbocycles. The van der Waals surface area contributed by atoms with Gasteiger partial charge in [0.1, 0.15) is 0 Å². The lowest BCUT2D eigenvalue weighted by atomic mass is 9.98. The number of rotatable bonds is 5. The van der Waals surface area contributed by atoms with Gasteiger partial charge in [-0.1, -0.05) is 20.3 Å². The lowest BCUT2D eigenvalue weighted by molar-refractivity contribution is -0.141. The molecule has 1 rings (SSSR count). The summed E-state index contributed by atoms with van der Waals surface area (Å²) in [6, 6.07) is -0.454. The Bertz CT molecular complexity index is 328. The maximum atomic E-state index is 12.2. The van der Waals surface area contributed by atoms with Gasteiger partial charge in [0.25, 0.3) is 0 Å². The summed E-state index contributed by atoms with van der Waals surface area (Å²) in [5.41, 5.74) is 5.97. The smallest absolute Gasteiger partial charge is 0.239 e. The van der Waals surface area contributed by atoms with Crippen LogP contribution in [0.2, 0.25) is 0 Å². The van der Waals surface area contributed by atoms with Crippen LogP contribution in [0.3, 0.4) is 0 Å². The van der Waals surface area contributed by atoms with Crippen LogP contribution in [-0.2, 0) is 14.3 Å². The Balaban J connectivity index is 0.00000361. The molecule has 6 nitrogen and oxygen atoms in total. The number of nitrogens with one attached hydrogen (secondary N) is 1. The van der Waals surface area contributed by atoms with E-state index in [1.165, 1.54) is 6.92 Å². The quantitative estimate of drug-likeness (QED) is 0.757. The fourth-order valence-corrected chi connectivity index (χ4v) is 2.01. The van der Waals surface area contributed by atoms with Gasteiger partial charge in [0.05, 0.1) is 18.8 Å². The molecule has 0 aromatic rings. The molecule has 20 heavy (non-hydrogen) atoms. The molecule has 0 aromatic carbocycles. The number of nitrogens with zero attached hydrogens (tertiary/aromatic N) is 1. The fourth-order valence-electron chi connectivity index (χ4n) is 2.01. The van der Waals surface area contributed by atoms with Gasteiger partial charge in [0.2, 0.25) is 11.8 Å². The van der Waals surface area contributed by atoms with E-state index in [-0.39, 0.29) is 36.2 Å². The molecule has 1 saturated heterocycles. The highest BCUT2D eigenvalue weighted by molar-refractivity contribution is 5.85. The van der Waals surface area contributed by atoms with E-state index in [0.29, 0.717) is 26.2 Å². The van der Waals surface area contributed by atoms with Crippen LogP contribution >= 0.6 is 12.4 Å². The van der Waals surface area contributed by atoms with Crippen LogP contribution in [0.4, 0.5) is 0 Å². The highest BCUT2D eigenvalue weighted by Crippen LogP contribution is 2.12. The summed E-state index contributed by atoms with van der Waals surface area (Å²) in [4.78, 5) is 24.9. The summed E-state index contributed by atoms with van der Waals surface area (Å²) in [6.07, 6.45) is 0.734. The number of morpholine rings is 1.